The van der Waals surface area contributed by atoms with Crippen molar-refractivity contribution >= 4 is 0 Å². The fourth-order valence-corrected chi connectivity index (χ4v) is 2.49. The molecule has 1 aliphatic heterocycles. The van der Waals surface area contributed by atoms with Gasteiger partial charge in [-0.2, -0.15) is 13.2 Å². The molecule has 2 heterocycles. The third-order valence-electron chi connectivity index (χ3n) is 3.68. The number of ether oxygens (including phenoxy) is 1. The molecule has 1 aliphatic rings. The summed E-state index contributed by atoms with van der Waals surface area (Å²) in [5.41, 5.74) is 1.38. The van der Waals surface area contributed by atoms with E-state index in [9.17, 15) is 13.2 Å². The van der Waals surface area contributed by atoms with Crippen LogP contribution < -0.4 is 5.32 Å². The van der Waals surface area contributed by atoms with Crippen LogP contribution in [0.5, 0.6) is 0 Å². The van der Waals surface area contributed by atoms with E-state index in [2.05, 4.69) is 15.3 Å². The molecule has 23 heavy (non-hydrogen) atoms. The Morgan fingerprint density at radius 2 is 1.96 bits per heavy atom. The average molecular weight is 323 g/mol. The number of aromatic nitrogens is 2. The summed E-state index contributed by atoms with van der Waals surface area (Å²) in [6.45, 7) is 2.29. The Labute approximate surface area is 131 Å². The number of nitrogens with one attached hydrogen (secondary N) is 1. The number of alkyl halides is 3. The maximum atomic E-state index is 12.7. The molecule has 1 aromatic carbocycles. The molecule has 1 fully saturated rings. The lowest BCUT2D eigenvalue weighted by Crippen LogP contribution is -2.33. The fraction of sp³-hybridized carbons (Fsp3) is 0.375. The molecule has 0 radical (unpaired) electrons. The molecule has 122 valence electrons. The van der Waals surface area contributed by atoms with Gasteiger partial charge in [-0.25, -0.2) is 9.97 Å². The second kappa shape index (κ2) is 6.64. The van der Waals surface area contributed by atoms with Gasteiger partial charge in [-0.05, 0) is 17.2 Å². The second-order valence-corrected chi connectivity index (χ2v) is 5.37. The highest BCUT2D eigenvalue weighted by atomic mass is 19.4. The summed E-state index contributed by atoms with van der Waals surface area (Å²) in [6, 6.07) is 8.66. The van der Waals surface area contributed by atoms with Crippen molar-refractivity contribution in [2.75, 3.05) is 19.7 Å². The molecule has 0 spiro atoms. The first-order valence-corrected chi connectivity index (χ1v) is 7.31. The number of halogens is 3. The minimum atomic E-state index is -4.45. The third-order valence-corrected chi connectivity index (χ3v) is 3.68. The van der Waals surface area contributed by atoms with Crippen LogP contribution >= 0.6 is 0 Å². The zero-order valence-electron chi connectivity index (χ0n) is 12.3. The highest BCUT2D eigenvalue weighted by Gasteiger charge is 2.32. The number of hydrogen-bond acceptors (Lipinski definition) is 4. The van der Waals surface area contributed by atoms with Gasteiger partial charge in [0.2, 0.25) is 0 Å². The Bertz CT molecular complexity index is 652. The minimum Gasteiger partial charge on any atom is -0.371 e. The standard InChI is InChI=1S/C16H16F3N3O/c17-16(18,19)15-8-13(21-10-22-15)7-11-1-3-12(4-2-11)14-9-20-5-6-23-14/h1-4,8,10,14,20H,5-7,9H2/t14-/m0/s1. The Morgan fingerprint density at radius 3 is 2.61 bits per heavy atom. The monoisotopic (exact) mass is 323 g/mol. The predicted molar refractivity (Wildman–Crippen MR) is 77.8 cm³/mol. The lowest BCUT2D eigenvalue weighted by Gasteiger charge is -2.24. The largest absolute Gasteiger partial charge is 0.433 e. The van der Waals surface area contributed by atoms with Crippen molar-refractivity contribution in [3.05, 3.63) is 59.2 Å². The SMILES string of the molecule is FC(F)(F)c1cc(Cc2ccc([C@@H]3CNCCO3)cc2)ncn1. The van der Waals surface area contributed by atoms with Crippen molar-refractivity contribution in [2.24, 2.45) is 0 Å². The average Bonchev–Trinajstić information content (AvgIpc) is 2.56. The molecule has 2 aromatic rings. The highest BCUT2D eigenvalue weighted by molar-refractivity contribution is 5.28. The smallest absolute Gasteiger partial charge is 0.371 e. The molecule has 4 nitrogen and oxygen atoms in total. The Balaban J connectivity index is 1.71. The van der Waals surface area contributed by atoms with Crippen LogP contribution in [0.3, 0.4) is 0 Å². The quantitative estimate of drug-likeness (QED) is 0.943. The summed E-state index contributed by atoms with van der Waals surface area (Å²) in [4.78, 5) is 7.18. The van der Waals surface area contributed by atoms with E-state index in [1.165, 1.54) is 0 Å². The number of benzene rings is 1. The van der Waals surface area contributed by atoms with Crippen molar-refractivity contribution in [1.82, 2.24) is 15.3 Å². The second-order valence-electron chi connectivity index (χ2n) is 5.37. The minimum absolute atomic E-state index is 0.0219. The van der Waals surface area contributed by atoms with Crippen LogP contribution in [-0.2, 0) is 17.3 Å². The van der Waals surface area contributed by atoms with E-state index >= 15 is 0 Å². The van der Waals surface area contributed by atoms with Gasteiger partial charge < -0.3 is 10.1 Å². The summed E-state index contributed by atoms with van der Waals surface area (Å²) in [6.07, 6.45) is -3.15. The van der Waals surface area contributed by atoms with E-state index < -0.39 is 11.9 Å². The molecule has 0 saturated carbocycles. The zero-order valence-corrected chi connectivity index (χ0v) is 12.3. The lowest BCUT2D eigenvalue weighted by molar-refractivity contribution is -0.141. The summed E-state index contributed by atoms with van der Waals surface area (Å²) in [5.74, 6) is 0. The van der Waals surface area contributed by atoms with E-state index in [0.717, 1.165) is 36.6 Å². The molecule has 0 aliphatic carbocycles. The number of hydrogen-bond donors (Lipinski definition) is 1. The summed E-state index contributed by atoms with van der Waals surface area (Å²) >= 11 is 0. The van der Waals surface area contributed by atoms with Gasteiger partial charge in [-0.15, -0.1) is 0 Å². The van der Waals surface area contributed by atoms with Crippen molar-refractivity contribution in [3.8, 4) is 0 Å². The van der Waals surface area contributed by atoms with Crippen LogP contribution in [-0.4, -0.2) is 29.7 Å². The van der Waals surface area contributed by atoms with Crippen molar-refractivity contribution < 1.29 is 17.9 Å². The highest BCUT2D eigenvalue weighted by Crippen LogP contribution is 2.27. The van der Waals surface area contributed by atoms with Crippen LogP contribution in [0.25, 0.3) is 0 Å². The maximum Gasteiger partial charge on any atom is 0.433 e. The molecule has 1 atom stereocenters. The van der Waals surface area contributed by atoms with Gasteiger partial charge in [0.05, 0.1) is 12.7 Å². The first-order valence-electron chi connectivity index (χ1n) is 7.31. The summed E-state index contributed by atoms with van der Waals surface area (Å²) in [5, 5.41) is 3.26. The van der Waals surface area contributed by atoms with E-state index in [1.54, 1.807) is 0 Å². The molecule has 0 amide bonds. The van der Waals surface area contributed by atoms with Crippen LogP contribution in [0.4, 0.5) is 13.2 Å². The van der Waals surface area contributed by atoms with Crippen LogP contribution in [0.2, 0.25) is 0 Å². The topological polar surface area (TPSA) is 47.0 Å². The van der Waals surface area contributed by atoms with Gasteiger partial charge in [0.15, 0.2) is 0 Å². The first-order chi connectivity index (χ1) is 11.0. The molecule has 1 aromatic heterocycles. The van der Waals surface area contributed by atoms with Gasteiger partial charge in [0, 0.05) is 25.2 Å². The Morgan fingerprint density at radius 1 is 1.17 bits per heavy atom. The Kier molecular flexibility index (Phi) is 4.58. The Hall–Kier alpha value is -1.99. The normalized spacial score (nSPS) is 18.8. The van der Waals surface area contributed by atoms with Gasteiger partial charge in [0.25, 0.3) is 0 Å². The van der Waals surface area contributed by atoms with Gasteiger partial charge >= 0.3 is 6.18 Å². The van der Waals surface area contributed by atoms with Gasteiger partial charge in [-0.1, -0.05) is 24.3 Å². The molecule has 0 unspecified atom stereocenters. The zero-order chi connectivity index (χ0) is 16.3. The van der Waals surface area contributed by atoms with E-state index in [0.29, 0.717) is 18.7 Å². The molecule has 7 heteroatoms. The molecule has 3 rings (SSSR count). The predicted octanol–water partition coefficient (Wildman–Crippen LogP) is 2.75. The van der Waals surface area contributed by atoms with Gasteiger partial charge in [-0.3, -0.25) is 0 Å². The molecule has 0 bridgehead atoms. The van der Waals surface area contributed by atoms with Crippen LogP contribution in [0.15, 0.2) is 36.7 Å². The fourth-order valence-electron chi connectivity index (χ4n) is 2.49. The first kappa shape index (κ1) is 15.9. The molecular formula is C16H16F3N3O. The summed E-state index contributed by atoms with van der Waals surface area (Å²) < 4.78 is 43.6. The van der Waals surface area contributed by atoms with E-state index in [-0.39, 0.29) is 6.10 Å². The summed E-state index contributed by atoms with van der Waals surface area (Å²) in [7, 11) is 0. The van der Waals surface area contributed by atoms with Gasteiger partial charge in [0.1, 0.15) is 12.0 Å². The van der Waals surface area contributed by atoms with Crippen molar-refractivity contribution in [1.29, 1.82) is 0 Å². The maximum absolute atomic E-state index is 12.7. The third kappa shape index (κ3) is 4.05. The van der Waals surface area contributed by atoms with E-state index in [4.69, 9.17) is 4.74 Å². The number of morpholine rings is 1. The van der Waals surface area contributed by atoms with Crippen LogP contribution in [0.1, 0.15) is 28.6 Å². The van der Waals surface area contributed by atoms with Crippen molar-refractivity contribution in [3.63, 3.8) is 0 Å². The van der Waals surface area contributed by atoms with Crippen molar-refractivity contribution in [2.45, 2.75) is 18.7 Å². The van der Waals surface area contributed by atoms with Crippen LogP contribution in [0, 0.1) is 0 Å². The lowest BCUT2D eigenvalue weighted by atomic mass is 10.0. The molecule has 1 saturated heterocycles. The molecular weight excluding hydrogens is 307 g/mol. The van der Waals surface area contributed by atoms with E-state index in [1.807, 2.05) is 24.3 Å². The number of nitrogens with zero attached hydrogens (tertiary/aromatic N) is 2. The number of rotatable bonds is 3. The molecule has 1 N–H and O–H groups in total.